The molecule has 2 amide bonds. The number of ether oxygens (including phenoxy) is 1. The van der Waals surface area contributed by atoms with Crippen LogP contribution in [-0.2, 0) is 10.9 Å². The summed E-state index contributed by atoms with van der Waals surface area (Å²) in [6, 6.07) is 11.4. The summed E-state index contributed by atoms with van der Waals surface area (Å²) in [6.45, 7) is 0. The third-order valence-electron chi connectivity index (χ3n) is 6.68. The molecule has 2 aromatic carbocycles. The number of hydrogen-bond acceptors (Lipinski definition) is 4. The van der Waals surface area contributed by atoms with E-state index in [-0.39, 0.29) is 11.7 Å². The van der Waals surface area contributed by atoms with Gasteiger partial charge in [-0.1, -0.05) is 30.9 Å². The first kappa shape index (κ1) is 27.4. The molecule has 7 nitrogen and oxygen atoms in total. The summed E-state index contributed by atoms with van der Waals surface area (Å²) in [6.07, 6.45) is 2.46. The van der Waals surface area contributed by atoms with Gasteiger partial charge < -0.3 is 24.8 Å². The zero-order chi connectivity index (χ0) is 27.4. The van der Waals surface area contributed by atoms with E-state index < -0.39 is 28.8 Å². The van der Waals surface area contributed by atoms with E-state index in [2.05, 4.69) is 15.5 Å². The fourth-order valence-electron chi connectivity index (χ4n) is 4.73. The van der Waals surface area contributed by atoms with Gasteiger partial charge in [0.1, 0.15) is 5.69 Å². The van der Waals surface area contributed by atoms with Crippen molar-refractivity contribution >= 4 is 40.7 Å². The largest absolute Gasteiger partial charge is 0.464 e. The quantitative estimate of drug-likeness (QED) is 0.316. The smallest absolute Gasteiger partial charge is 0.417 e. The van der Waals surface area contributed by atoms with Crippen molar-refractivity contribution in [1.82, 2.24) is 4.57 Å². The lowest BCUT2D eigenvalue weighted by Crippen LogP contribution is -2.34. The number of aromatic nitrogens is 1. The van der Waals surface area contributed by atoms with Crippen LogP contribution in [-0.4, -0.2) is 36.8 Å². The Morgan fingerprint density at radius 3 is 2.47 bits per heavy atom. The first-order valence-electron chi connectivity index (χ1n) is 12.2. The Labute approximate surface area is 223 Å². The van der Waals surface area contributed by atoms with Crippen LogP contribution in [0.2, 0.25) is 5.02 Å². The van der Waals surface area contributed by atoms with Gasteiger partial charge in [0.15, 0.2) is 0 Å². The molecule has 1 aliphatic rings. The molecule has 1 saturated carbocycles. The Morgan fingerprint density at radius 1 is 1.05 bits per heavy atom. The predicted octanol–water partition coefficient (Wildman–Crippen LogP) is 7.35. The first-order valence-corrected chi connectivity index (χ1v) is 12.5. The summed E-state index contributed by atoms with van der Waals surface area (Å²) in [5, 5.41) is 4.78. The molecule has 3 aromatic rings. The fraction of sp³-hybridized carbons (Fsp3) is 0.333. The van der Waals surface area contributed by atoms with E-state index >= 15 is 0 Å². The maximum atomic E-state index is 13.3. The Hall–Kier alpha value is -3.66. The van der Waals surface area contributed by atoms with Gasteiger partial charge in [0.25, 0.3) is 0 Å². The lowest BCUT2D eigenvalue weighted by molar-refractivity contribution is -0.137. The second-order valence-corrected chi connectivity index (χ2v) is 9.54. The Balaban J connectivity index is 1.66. The van der Waals surface area contributed by atoms with Crippen molar-refractivity contribution in [3.8, 4) is 5.69 Å². The molecular formula is C27H28ClF3N4O3. The van der Waals surface area contributed by atoms with Crippen LogP contribution in [0.4, 0.5) is 35.0 Å². The molecule has 1 heterocycles. The Bertz CT molecular complexity index is 1320. The normalized spacial score (nSPS) is 14.2. The topological polar surface area (TPSA) is 75.6 Å². The van der Waals surface area contributed by atoms with E-state index in [4.69, 9.17) is 16.3 Å². The number of nitrogens with zero attached hydrogens (tertiary/aromatic N) is 2. The standard InChI is InChI=1S/C27H28ClF3N4O3/c1-34(18-7-4-3-5-8-18)23-13-11-19(35-14-6-9-24(35)25(36)38-2)16-22(23)33-26(37)32-17-10-12-21(28)20(15-17)27(29,30)31/h6,9-16,18H,3-5,7-8H2,1-2H3,(H2,32,33,37). The van der Waals surface area contributed by atoms with E-state index in [9.17, 15) is 22.8 Å². The highest BCUT2D eigenvalue weighted by atomic mass is 35.5. The van der Waals surface area contributed by atoms with Crippen LogP contribution in [0.1, 0.15) is 48.2 Å². The number of halogens is 4. The molecule has 0 saturated heterocycles. The maximum absolute atomic E-state index is 13.3. The number of alkyl halides is 3. The van der Waals surface area contributed by atoms with Crippen LogP contribution in [0.5, 0.6) is 0 Å². The zero-order valence-corrected chi connectivity index (χ0v) is 21.7. The average molecular weight is 549 g/mol. The third kappa shape index (κ3) is 6.07. The summed E-state index contributed by atoms with van der Waals surface area (Å²) in [5.41, 5.74) is 0.974. The van der Waals surface area contributed by atoms with E-state index in [1.807, 2.05) is 19.2 Å². The minimum absolute atomic E-state index is 0.0593. The highest BCUT2D eigenvalue weighted by Gasteiger charge is 2.33. The van der Waals surface area contributed by atoms with Gasteiger partial charge in [0, 0.05) is 30.7 Å². The van der Waals surface area contributed by atoms with Crippen molar-refractivity contribution in [3.63, 3.8) is 0 Å². The van der Waals surface area contributed by atoms with Crippen LogP contribution < -0.4 is 15.5 Å². The number of hydrogen-bond donors (Lipinski definition) is 2. The molecule has 0 atom stereocenters. The second-order valence-electron chi connectivity index (χ2n) is 9.13. The van der Waals surface area contributed by atoms with Crippen molar-refractivity contribution in [3.05, 3.63) is 71.0 Å². The van der Waals surface area contributed by atoms with Gasteiger partial charge in [-0.25, -0.2) is 9.59 Å². The number of carbonyl (C=O) groups is 2. The van der Waals surface area contributed by atoms with Gasteiger partial charge in [-0.15, -0.1) is 0 Å². The van der Waals surface area contributed by atoms with Gasteiger partial charge >= 0.3 is 18.2 Å². The lowest BCUT2D eigenvalue weighted by Gasteiger charge is -2.34. The molecular weight excluding hydrogens is 521 g/mol. The van der Waals surface area contributed by atoms with Crippen LogP contribution in [0, 0.1) is 0 Å². The van der Waals surface area contributed by atoms with Crippen LogP contribution in [0.25, 0.3) is 5.69 Å². The van der Waals surface area contributed by atoms with Crippen molar-refractivity contribution < 1.29 is 27.5 Å². The SMILES string of the molecule is COC(=O)c1cccn1-c1ccc(N(C)C2CCCCC2)c(NC(=O)Nc2ccc(Cl)c(C(F)(F)F)c2)c1. The first-order chi connectivity index (χ1) is 18.1. The number of amides is 2. The molecule has 0 bridgehead atoms. The summed E-state index contributed by atoms with van der Waals surface area (Å²) in [4.78, 5) is 27.3. The van der Waals surface area contributed by atoms with E-state index in [1.54, 1.807) is 29.0 Å². The van der Waals surface area contributed by atoms with Gasteiger partial charge in [-0.3, -0.25) is 0 Å². The Kier molecular flexibility index (Phi) is 8.20. The minimum Gasteiger partial charge on any atom is -0.464 e. The highest BCUT2D eigenvalue weighted by molar-refractivity contribution is 6.31. The molecule has 0 unspecified atom stereocenters. The molecule has 1 fully saturated rings. The van der Waals surface area contributed by atoms with Gasteiger partial charge in [0.2, 0.25) is 0 Å². The number of anilines is 3. The van der Waals surface area contributed by atoms with Gasteiger partial charge in [-0.05, 0) is 61.4 Å². The fourth-order valence-corrected chi connectivity index (χ4v) is 4.95. The summed E-state index contributed by atoms with van der Waals surface area (Å²) >= 11 is 5.70. The average Bonchev–Trinajstić information content (AvgIpc) is 3.39. The number of esters is 1. The van der Waals surface area contributed by atoms with E-state index in [0.29, 0.717) is 17.1 Å². The molecule has 4 rings (SSSR count). The van der Waals surface area contributed by atoms with Crippen LogP contribution in [0.3, 0.4) is 0 Å². The zero-order valence-electron chi connectivity index (χ0n) is 20.9. The van der Waals surface area contributed by atoms with Crippen molar-refractivity contribution in [1.29, 1.82) is 0 Å². The summed E-state index contributed by atoms with van der Waals surface area (Å²) in [7, 11) is 3.25. The highest BCUT2D eigenvalue weighted by Crippen LogP contribution is 2.37. The van der Waals surface area contributed by atoms with E-state index in [0.717, 1.165) is 43.5 Å². The van der Waals surface area contributed by atoms with Gasteiger partial charge in [0.05, 0.1) is 29.1 Å². The number of carbonyl (C=O) groups excluding carboxylic acids is 2. The van der Waals surface area contributed by atoms with Gasteiger partial charge in [-0.2, -0.15) is 13.2 Å². The lowest BCUT2D eigenvalue weighted by atomic mass is 9.94. The van der Waals surface area contributed by atoms with Crippen molar-refractivity contribution in [2.24, 2.45) is 0 Å². The van der Waals surface area contributed by atoms with Crippen LogP contribution >= 0.6 is 11.6 Å². The molecule has 0 aliphatic heterocycles. The second kappa shape index (κ2) is 11.4. The third-order valence-corrected chi connectivity index (χ3v) is 7.01. The molecule has 2 N–H and O–H groups in total. The monoisotopic (exact) mass is 548 g/mol. The molecule has 0 spiro atoms. The minimum atomic E-state index is -4.66. The number of urea groups is 1. The molecule has 38 heavy (non-hydrogen) atoms. The number of nitrogens with one attached hydrogen (secondary N) is 2. The maximum Gasteiger partial charge on any atom is 0.417 e. The van der Waals surface area contributed by atoms with E-state index in [1.165, 1.54) is 19.6 Å². The summed E-state index contributed by atoms with van der Waals surface area (Å²) < 4.78 is 46.3. The predicted molar refractivity (Wildman–Crippen MR) is 141 cm³/mol. The molecule has 202 valence electrons. The van der Waals surface area contributed by atoms with Crippen molar-refractivity contribution in [2.75, 3.05) is 29.7 Å². The van der Waals surface area contributed by atoms with Crippen molar-refractivity contribution in [2.45, 2.75) is 44.3 Å². The molecule has 1 aromatic heterocycles. The molecule has 1 aliphatic carbocycles. The number of benzene rings is 2. The Morgan fingerprint density at radius 2 is 1.79 bits per heavy atom. The molecule has 11 heteroatoms. The van der Waals surface area contributed by atoms with Crippen LogP contribution in [0.15, 0.2) is 54.7 Å². The number of methoxy groups -OCH3 is 1. The molecule has 0 radical (unpaired) electrons. The number of rotatable bonds is 6. The summed E-state index contributed by atoms with van der Waals surface area (Å²) in [5.74, 6) is -0.520.